The van der Waals surface area contributed by atoms with Crippen molar-refractivity contribution in [2.45, 2.75) is 12.3 Å². The third-order valence-electron chi connectivity index (χ3n) is 5.89. The highest BCUT2D eigenvalue weighted by atomic mass is 16.2. The maximum Gasteiger partial charge on any atom is 0.223 e. The van der Waals surface area contributed by atoms with E-state index in [-0.39, 0.29) is 11.8 Å². The Morgan fingerprint density at radius 3 is 2.13 bits per heavy atom. The second-order valence-corrected chi connectivity index (χ2v) is 7.77. The average Bonchev–Trinajstić information content (AvgIpc) is 3.32. The lowest BCUT2D eigenvalue weighted by atomic mass is 9.88. The molecule has 2 aromatic carbocycles. The van der Waals surface area contributed by atoms with Gasteiger partial charge in [0.2, 0.25) is 5.91 Å². The van der Waals surface area contributed by atoms with Crippen molar-refractivity contribution in [2.24, 2.45) is 0 Å². The number of anilines is 1. The van der Waals surface area contributed by atoms with Crippen molar-refractivity contribution in [1.82, 2.24) is 24.7 Å². The fraction of sp³-hybridized carbons (Fsp3) is 0.250. The van der Waals surface area contributed by atoms with Crippen LogP contribution in [-0.4, -0.2) is 56.8 Å². The Morgan fingerprint density at radius 2 is 1.48 bits per heavy atom. The van der Waals surface area contributed by atoms with Gasteiger partial charge in [0, 0.05) is 38.5 Å². The molecular weight excluding hydrogens is 388 g/mol. The van der Waals surface area contributed by atoms with Gasteiger partial charge in [-0.15, -0.1) is 15.3 Å². The molecule has 31 heavy (non-hydrogen) atoms. The molecule has 1 fully saturated rings. The highest BCUT2D eigenvalue weighted by Crippen LogP contribution is 2.29. The van der Waals surface area contributed by atoms with Crippen LogP contribution in [-0.2, 0) is 4.79 Å². The minimum absolute atomic E-state index is 0.0609. The van der Waals surface area contributed by atoms with Gasteiger partial charge in [-0.1, -0.05) is 60.7 Å². The maximum atomic E-state index is 13.2. The first-order valence-electron chi connectivity index (χ1n) is 10.6. The number of carbonyl (C=O) groups excluding carboxylic acids is 1. The monoisotopic (exact) mass is 412 g/mol. The summed E-state index contributed by atoms with van der Waals surface area (Å²) in [5.74, 6) is 1.14. The van der Waals surface area contributed by atoms with Crippen LogP contribution in [0.3, 0.4) is 0 Å². The molecular formula is C24H24N6O. The molecule has 1 amide bonds. The van der Waals surface area contributed by atoms with Crippen LogP contribution in [0.25, 0.3) is 5.65 Å². The van der Waals surface area contributed by atoms with Gasteiger partial charge in [-0.05, 0) is 23.3 Å². The predicted molar refractivity (Wildman–Crippen MR) is 119 cm³/mol. The van der Waals surface area contributed by atoms with E-state index in [1.54, 1.807) is 10.8 Å². The van der Waals surface area contributed by atoms with Gasteiger partial charge in [-0.2, -0.15) is 4.52 Å². The van der Waals surface area contributed by atoms with E-state index >= 15 is 0 Å². The third kappa shape index (κ3) is 4.12. The number of benzene rings is 2. The molecule has 0 unspecified atom stereocenters. The molecule has 1 aliphatic heterocycles. The first-order valence-corrected chi connectivity index (χ1v) is 10.6. The summed E-state index contributed by atoms with van der Waals surface area (Å²) in [5, 5.41) is 12.4. The Morgan fingerprint density at radius 1 is 0.839 bits per heavy atom. The third-order valence-corrected chi connectivity index (χ3v) is 5.89. The van der Waals surface area contributed by atoms with E-state index in [4.69, 9.17) is 0 Å². The van der Waals surface area contributed by atoms with E-state index in [1.165, 1.54) is 11.1 Å². The molecule has 5 rings (SSSR count). The Labute approximate surface area is 180 Å². The van der Waals surface area contributed by atoms with E-state index in [1.807, 2.05) is 53.4 Å². The highest BCUT2D eigenvalue weighted by Gasteiger charge is 2.25. The zero-order valence-corrected chi connectivity index (χ0v) is 17.2. The number of hydrogen-bond acceptors (Lipinski definition) is 5. The van der Waals surface area contributed by atoms with Crippen LogP contribution in [0.4, 0.5) is 5.82 Å². The summed E-state index contributed by atoms with van der Waals surface area (Å²) < 4.78 is 1.68. The normalized spacial score (nSPS) is 14.4. The molecule has 0 bridgehead atoms. The molecule has 1 saturated heterocycles. The summed E-state index contributed by atoms with van der Waals surface area (Å²) in [4.78, 5) is 17.4. The summed E-state index contributed by atoms with van der Waals surface area (Å²) in [6, 6.07) is 24.5. The van der Waals surface area contributed by atoms with Crippen LogP contribution in [0.2, 0.25) is 0 Å². The van der Waals surface area contributed by atoms with Gasteiger partial charge in [-0.25, -0.2) is 0 Å². The lowest BCUT2D eigenvalue weighted by Gasteiger charge is -2.36. The quantitative estimate of drug-likeness (QED) is 0.504. The van der Waals surface area contributed by atoms with Crippen molar-refractivity contribution in [2.75, 3.05) is 31.1 Å². The van der Waals surface area contributed by atoms with E-state index in [0.717, 1.165) is 24.6 Å². The number of nitrogens with zero attached hydrogens (tertiary/aromatic N) is 6. The number of amides is 1. The summed E-state index contributed by atoms with van der Waals surface area (Å²) in [7, 11) is 0. The molecule has 0 atom stereocenters. The van der Waals surface area contributed by atoms with Crippen LogP contribution in [0.5, 0.6) is 0 Å². The molecule has 0 spiro atoms. The van der Waals surface area contributed by atoms with E-state index in [0.29, 0.717) is 19.5 Å². The number of aromatic nitrogens is 4. The maximum absolute atomic E-state index is 13.2. The van der Waals surface area contributed by atoms with Gasteiger partial charge in [0.05, 0.1) is 0 Å². The molecule has 0 N–H and O–H groups in total. The van der Waals surface area contributed by atoms with Gasteiger partial charge in [-0.3, -0.25) is 4.79 Å². The predicted octanol–water partition coefficient (Wildman–Crippen LogP) is 3.00. The largest absolute Gasteiger partial charge is 0.352 e. The molecule has 7 heteroatoms. The molecule has 0 aliphatic carbocycles. The van der Waals surface area contributed by atoms with Crippen molar-refractivity contribution >= 4 is 17.4 Å². The molecule has 7 nitrogen and oxygen atoms in total. The molecule has 1 aliphatic rings. The standard InChI is InChI=1S/C24H24N6O/c31-24(17-21(19-7-3-1-4-8-19)20-9-5-2-6-10-20)29-15-13-28(14-16-29)23-12-11-22-26-25-18-30(22)27-23/h1-12,18,21H,13-17H2. The van der Waals surface area contributed by atoms with Gasteiger partial charge < -0.3 is 9.80 Å². The van der Waals surface area contributed by atoms with E-state index < -0.39 is 0 Å². The number of piperazine rings is 1. The minimum Gasteiger partial charge on any atom is -0.352 e. The number of fused-ring (bicyclic) bond motifs is 1. The Balaban J connectivity index is 1.27. The van der Waals surface area contributed by atoms with E-state index in [9.17, 15) is 4.79 Å². The summed E-state index contributed by atoms with van der Waals surface area (Å²) in [5.41, 5.74) is 3.07. The van der Waals surface area contributed by atoms with Gasteiger partial charge >= 0.3 is 0 Å². The lowest BCUT2D eigenvalue weighted by molar-refractivity contribution is -0.131. The van der Waals surface area contributed by atoms with Crippen LogP contribution >= 0.6 is 0 Å². The first-order chi connectivity index (χ1) is 15.3. The van der Waals surface area contributed by atoms with Crippen LogP contribution < -0.4 is 4.90 Å². The summed E-state index contributed by atoms with van der Waals surface area (Å²) in [6.07, 6.45) is 2.07. The Kier molecular flexibility index (Phi) is 5.31. The fourth-order valence-electron chi connectivity index (χ4n) is 4.17. The van der Waals surface area contributed by atoms with Crippen LogP contribution in [0.1, 0.15) is 23.5 Å². The Bertz CT molecular complexity index is 1110. The summed E-state index contributed by atoms with van der Waals surface area (Å²) in [6.45, 7) is 2.90. The SMILES string of the molecule is O=C(CC(c1ccccc1)c1ccccc1)N1CCN(c2ccc3nncn3n2)CC1. The van der Waals surface area contributed by atoms with Gasteiger partial charge in [0.1, 0.15) is 12.1 Å². The Hall–Kier alpha value is -3.74. The second-order valence-electron chi connectivity index (χ2n) is 7.77. The first kappa shape index (κ1) is 19.2. The van der Waals surface area contributed by atoms with Crippen molar-refractivity contribution in [3.05, 3.63) is 90.3 Å². The number of hydrogen-bond donors (Lipinski definition) is 0. The van der Waals surface area contributed by atoms with Crippen LogP contribution in [0, 0.1) is 0 Å². The topological polar surface area (TPSA) is 66.6 Å². The lowest BCUT2D eigenvalue weighted by Crippen LogP contribution is -2.49. The highest BCUT2D eigenvalue weighted by molar-refractivity contribution is 5.78. The number of carbonyl (C=O) groups is 1. The second kappa shape index (κ2) is 8.55. The molecule has 3 heterocycles. The van der Waals surface area contributed by atoms with Crippen molar-refractivity contribution in [3.63, 3.8) is 0 Å². The molecule has 4 aromatic rings. The molecule has 0 saturated carbocycles. The average molecular weight is 412 g/mol. The summed E-state index contributed by atoms with van der Waals surface area (Å²) >= 11 is 0. The molecule has 2 aromatic heterocycles. The molecule has 0 radical (unpaired) electrons. The zero-order chi connectivity index (χ0) is 21.0. The molecule has 156 valence electrons. The number of rotatable bonds is 5. The van der Waals surface area contributed by atoms with Crippen molar-refractivity contribution in [3.8, 4) is 0 Å². The van der Waals surface area contributed by atoms with Crippen molar-refractivity contribution < 1.29 is 4.79 Å². The smallest absolute Gasteiger partial charge is 0.223 e. The minimum atomic E-state index is 0.0609. The van der Waals surface area contributed by atoms with Crippen LogP contribution in [0.15, 0.2) is 79.1 Å². The fourth-order valence-corrected chi connectivity index (χ4v) is 4.17. The zero-order valence-electron chi connectivity index (χ0n) is 17.2. The van der Waals surface area contributed by atoms with Crippen molar-refractivity contribution in [1.29, 1.82) is 0 Å². The van der Waals surface area contributed by atoms with Gasteiger partial charge in [0.25, 0.3) is 0 Å². The van der Waals surface area contributed by atoms with E-state index in [2.05, 4.69) is 44.5 Å². The van der Waals surface area contributed by atoms with Gasteiger partial charge in [0.15, 0.2) is 5.65 Å².